The molecule has 0 aliphatic carbocycles. The van der Waals surface area contributed by atoms with E-state index in [1.165, 1.54) is 0 Å². The molecule has 0 saturated carbocycles. The van der Waals surface area contributed by atoms with E-state index in [-0.39, 0.29) is 11.7 Å². The van der Waals surface area contributed by atoms with Gasteiger partial charge in [0.1, 0.15) is 5.82 Å². The second kappa shape index (κ2) is 5.07. The van der Waals surface area contributed by atoms with Crippen LogP contribution in [0.25, 0.3) is 0 Å². The van der Waals surface area contributed by atoms with Crippen LogP contribution in [0.4, 0.5) is 5.82 Å². The maximum absolute atomic E-state index is 11.8. The van der Waals surface area contributed by atoms with Gasteiger partial charge in [-0.2, -0.15) is 0 Å². The molecule has 2 rings (SSSR count). The van der Waals surface area contributed by atoms with Crippen molar-refractivity contribution in [1.82, 2.24) is 15.3 Å². The molecule has 0 aliphatic rings. The Balaban J connectivity index is 2.01. The third-order valence-electron chi connectivity index (χ3n) is 2.26. The molecular formula is C12H12N4O. The number of nitrogens with zero attached hydrogens (tertiary/aromatic N) is 2. The van der Waals surface area contributed by atoms with Crippen LogP contribution < -0.4 is 11.1 Å². The Bertz CT molecular complexity index is 513. The van der Waals surface area contributed by atoms with Crippen molar-refractivity contribution in [2.24, 2.45) is 0 Å². The zero-order valence-corrected chi connectivity index (χ0v) is 9.13. The zero-order valence-electron chi connectivity index (χ0n) is 9.13. The monoisotopic (exact) mass is 228 g/mol. The summed E-state index contributed by atoms with van der Waals surface area (Å²) < 4.78 is 0. The van der Waals surface area contributed by atoms with Crippen LogP contribution in [-0.2, 0) is 6.54 Å². The van der Waals surface area contributed by atoms with E-state index in [0.717, 1.165) is 5.56 Å². The summed E-state index contributed by atoms with van der Waals surface area (Å²) in [6.45, 7) is 0.418. The maximum atomic E-state index is 11.8. The summed E-state index contributed by atoms with van der Waals surface area (Å²) in [4.78, 5) is 19.6. The largest absolute Gasteiger partial charge is 0.383 e. The number of pyridine rings is 2. The van der Waals surface area contributed by atoms with Gasteiger partial charge in [-0.1, -0.05) is 6.07 Å². The van der Waals surface area contributed by atoms with E-state index in [1.54, 1.807) is 30.7 Å². The molecule has 0 radical (unpaired) electrons. The topological polar surface area (TPSA) is 80.9 Å². The van der Waals surface area contributed by atoms with Gasteiger partial charge in [-0.05, 0) is 23.8 Å². The number of aromatic nitrogens is 2. The van der Waals surface area contributed by atoms with Gasteiger partial charge in [0, 0.05) is 25.1 Å². The molecule has 1 amide bonds. The van der Waals surface area contributed by atoms with Gasteiger partial charge in [0.05, 0.1) is 5.56 Å². The second-order valence-corrected chi connectivity index (χ2v) is 3.48. The normalized spacial score (nSPS) is 9.88. The molecule has 0 spiro atoms. The van der Waals surface area contributed by atoms with Crippen molar-refractivity contribution in [3.63, 3.8) is 0 Å². The average molecular weight is 228 g/mol. The van der Waals surface area contributed by atoms with Crippen molar-refractivity contribution in [3.05, 3.63) is 54.0 Å². The van der Waals surface area contributed by atoms with E-state index in [0.29, 0.717) is 12.1 Å². The number of carbonyl (C=O) groups is 1. The van der Waals surface area contributed by atoms with Crippen molar-refractivity contribution < 1.29 is 4.79 Å². The molecule has 2 aromatic heterocycles. The minimum Gasteiger partial charge on any atom is -0.383 e. The first kappa shape index (κ1) is 11.1. The molecule has 0 aromatic carbocycles. The van der Waals surface area contributed by atoms with E-state index in [2.05, 4.69) is 15.3 Å². The third-order valence-corrected chi connectivity index (χ3v) is 2.26. The van der Waals surface area contributed by atoms with Crippen molar-refractivity contribution in [1.29, 1.82) is 0 Å². The van der Waals surface area contributed by atoms with Crippen molar-refractivity contribution in [3.8, 4) is 0 Å². The number of rotatable bonds is 3. The van der Waals surface area contributed by atoms with Crippen molar-refractivity contribution in [2.45, 2.75) is 6.54 Å². The number of hydrogen-bond acceptors (Lipinski definition) is 4. The van der Waals surface area contributed by atoms with Gasteiger partial charge in [-0.15, -0.1) is 0 Å². The van der Waals surface area contributed by atoms with Gasteiger partial charge in [-0.25, -0.2) is 4.98 Å². The van der Waals surface area contributed by atoms with Crippen LogP contribution >= 0.6 is 0 Å². The highest BCUT2D eigenvalue weighted by atomic mass is 16.1. The summed E-state index contributed by atoms with van der Waals surface area (Å²) >= 11 is 0. The SMILES string of the molecule is Nc1ncccc1C(=O)NCc1cccnc1. The molecule has 17 heavy (non-hydrogen) atoms. The molecule has 0 bridgehead atoms. The van der Waals surface area contributed by atoms with Crippen LogP contribution in [0.5, 0.6) is 0 Å². The van der Waals surface area contributed by atoms with Gasteiger partial charge in [0.15, 0.2) is 0 Å². The summed E-state index contributed by atoms with van der Waals surface area (Å²) in [5, 5.41) is 2.76. The molecule has 0 unspecified atom stereocenters. The lowest BCUT2D eigenvalue weighted by Crippen LogP contribution is -2.24. The molecule has 86 valence electrons. The molecule has 5 nitrogen and oxygen atoms in total. The fourth-order valence-electron chi connectivity index (χ4n) is 1.39. The van der Waals surface area contributed by atoms with E-state index in [9.17, 15) is 4.79 Å². The van der Waals surface area contributed by atoms with Gasteiger partial charge < -0.3 is 11.1 Å². The number of amides is 1. The summed E-state index contributed by atoms with van der Waals surface area (Å²) in [7, 11) is 0. The molecule has 2 aromatic rings. The molecule has 3 N–H and O–H groups in total. The van der Waals surface area contributed by atoms with Crippen LogP contribution in [0, 0.1) is 0 Å². The van der Waals surface area contributed by atoms with Gasteiger partial charge >= 0.3 is 0 Å². The first-order valence-electron chi connectivity index (χ1n) is 5.15. The second-order valence-electron chi connectivity index (χ2n) is 3.48. The highest BCUT2D eigenvalue weighted by Crippen LogP contribution is 2.06. The molecule has 5 heteroatoms. The number of carbonyl (C=O) groups excluding carboxylic acids is 1. The molecule has 0 saturated heterocycles. The fourth-order valence-corrected chi connectivity index (χ4v) is 1.39. The predicted octanol–water partition coefficient (Wildman–Crippen LogP) is 0.989. The molecule has 2 heterocycles. The van der Waals surface area contributed by atoms with Crippen LogP contribution in [0.1, 0.15) is 15.9 Å². The van der Waals surface area contributed by atoms with Gasteiger partial charge in [0.2, 0.25) is 0 Å². The maximum Gasteiger partial charge on any atom is 0.255 e. The quantitative estimate of drug-likeness (QED) is 0.820. The number of nitrogens with one attached hydrogen (secondary N) is 1. The first-order chi connectivity index (χ1) is 8.27. The van der Waals surface area contributed by atoms with E-state index in [4.69, 9.17) is 5.73 Å². The van der Waals surface area contributed by atoms with Gasteiger partial charge in [-0.3, -0.25) is 9.78 Å². The Kier molecular flexibility index (Phi) is 3.30. The average Bonchev–Trinajstić information content (AvgIpc) is 2.38. The van der Waals surface area contributed by atoms with E-state index < -0.39 is 0 Å². The smallest absolute Gasteiger partial charge is 0.255 e. The lowest BCUT2D eigenvalue weighted by molar-refractivity contribution is 0.0951. The summed E-state index contributed by atoms with van der Waals surface area (Å²) in [5.74, 6) is -0.00404. The number of anilines is 1. The minimum absolute atomic E-state index is 0.233. The Morgan fingerprint density at radius 1 is 1.29 bits per heavy atom. The zero-order chi connectivity index (χ0) is 12.1. The Hall–Kier alpha value is -2.43. The molecule has 0 atom stereocenters. The van der Waals surface area contributed by atoms with Crippen LogP contribution in [0.3, 0.4) is 0 Å². The summed E-state index contributed by atoms with van der Waals surface area (Å²) in [6, 6.07) is 7.02. The third kappa shape index (κ3) is 2.78. The lowest BCUT2D eigenvalue weighted by atomic mass is 10.2. The Morgan fingerprint density at radius 2 is 2.12 bits per heavy atom. The minimum atomic E-state index is -0.237. The Labute approximate surface area is 98.7 Å². The van der Waals surface area contributed by atoms with Gasteiger partial charge in [0.25, 0.3) is 5.91 Å². The van der Waals surface area contributed by atoms with Crippen LogP contribution in [-0.4, -0.2) is 15.9 Å². The van der Waals surface area contributed by atoms with Crippen LogP contribution in [0.15, 0.2) is 42.9 Å². The van der Waals surface area contributed by atoms with E-state index >= 15 is 0 Å². The highest BCUT2D eigenvalue weighted by Gasteiger charge is 2.08. The highest BCUT2D eigenvalue weighted by molar-refractivity contribution is 5.98. The molecule has 0 fully saturated rings. The van der Waals surface area contributed by atoms with E-state index in [1.807, 2.05) is 12.1 Å². The Morgan fingerprint density at radius 3 is 2.82 bits per heavy atom. The van der Waals surface area contributed by atoms with Crippen LogP contribution in [0.2, 0.25) is 0 Å². The predicted molar refractivity (Wildman–Crippen MR) is 64.1 cm³/mol. The number of nitrogen functional groups attached to an aromatic ring is 1. The van der Waals surface area contributed by atoms with Crippen molar-refractivity contribution in [2.75, 3.05) is 5.73 Å². The first-order valence-corrected chi connectivity index (χ1v) is 5.15. The number of nitrogens with two attached hydrogens (primary N) is 1. The fraction of sp³-hybridized carbons (Fsp3) is 0.0833. The number of hydrogen-bond donors (Lipinski definition) is 2. The summed E-state index contributed by atoms with van der Waals surface area (Å²) in [5.41, 5.74) is 6.93. The summed E-state index contributed by atoms with van der Waals surface area (Å²) in [6.07, 6.45) is 4.94. The molecule has 0 aliphatic heterocycles. The molecular weight excluding hydrogens is 216 g/mol. The lowest BCUT2D eigenvalue weighted by Gasteiger charge is -2.06. The van der Waals surface area contributed by atoms with Crippen molar-refractivity contribution >= 4 is 11.7 Å². The standard InChI is InChI=1S/C12H12N4O/c13-11-10(4-2-6-15-11)12(17)16-8-9-3-1-5-14-7-9/h1-7H,8H2,(H2,13,15)(H,16,17).